The number of halogens is 3. The Labute approximate surface area is 94.9 Å². The van der Waals surface area contributed by atoms with Crippen molar-refractivity contribution >= 4 is 11.9 Å². The van der Waals surface area contributed by atoms with E-state index in [1.165, 1.54) is 0 Å². The number of carboxylic acids is 1. The zero-order chi connectivity index (χ0) is 13.1. The number of nitrogens with one attached hydrogen (secondary N) is 1. The number of carbonyl (C=O) groups is 2. The second-order valence-corrected chi connectivity index (χ2v) is 3.76. The highest BCUT2D eigenvalue weighted by Gasteiger charge is 2.34. The number of aliphatic carboxylic acids is 1. The molecule has 98 valence electrons. The van der Waals surface area contributed by atoms with Gasteiger partial charge in [0.25, 0.3) is 0 Å². The Kier molecular flexibility index (Phi) is 4.33. The van der Waals surface area contributed by atoms with Crippen molar-refractivity contribution in [2.45, 2.75) is 37.5 Å². The van der Waals surface area contributed by atoms with Crippen molar-refractivity contribution in [1.82, 2.24) is 5.32 Å². The molecule has 0 radical (unpaired) electrons. The summed E-state index contributed by atoms with van der Waals surface area (Å²) in [5, 5.41) is 11.1. The number of hydrogen-bond acceptors (Lipinski definition) is 4. The van der Waals surface area contributed by atoms with E-state index in [0.717, 1.165) is 0 Å². The van der Waals surface area contributed by atoms with Gasteiger partial charge in [-0.2, -0.15) is 13.2 Å². The van der Waals surface area contributed by atoms with Crippen molar-refractivity contribution in [3.05, 3.63) is 0 Å². The third-order valence-corrected chi connectivity index (χ3v) is 2.35. The van der Waals surface area contributed by atoms with Crippen molar-refractivity contribution in [3.63, 3.8) is 0 Å². The van der Waals surface area contributed by atoms with Crippen LogP contribution in [0.3, 0.4) is 0 Å². The molecule has 0 aromatic carbocycles. The molecule has 5 nitrogen and oxygen atoms in total. The zero-order valence-electron chi connectivity index (χ0n) is 8.79. The van der Waals surface area contributed by atoms with E-state index in [0.29, 0.717) is 12.8 Å². The Balaban J connectivity index is 2.44. The SMILES string of the molecule is O=C(O)C1CCCC(C(=O)OCC(F)(F)F)N1. The molecule has 0 amide bonds. The number of carboxylic acid groups (broad SMARTS) is 1. The number of hydrogen-bond donors (Lipinski definition) is 2. The fourth-order valence-corrected chi connectivity index (χ4v) is 1.57. The maximum Gasteiger partial charge on any atom is 0.422 e. The molecule has 0 aliphatic carbocycles. The fourth-order valence-electron chi connectivity index (χ4n) is 1.57. The molecule has 2 atom stereocenters. The lowest BCUT2D eigenvalue weighted by atomic mass is 9.99. The van der Waals surface area contributed by atoms with Crippen LogP contribution in [-0.2, 0) is 14.3 Å². The average molecular weight is 255 g/mol. The molecule has 1 aliphatic rings. The first-order valence-electron chi connectivity index (χ1n) is 5.02. The summed E-state index contributed by atoms with van der Waals surface area (Å²) in [6.07, 6.45) is -3.49. The molecule has 17 heavy (non-hydrogen) atoms. The first kappa shape index (κ1) is 13.8. The molecule has 0 aromatic rings. The summed E-state index contributed by atoms with van der Waals surface area (Å²) in [5.41, 5.74) is 0. The summed E-state index contributed by atoms with van der Waals surface area (Å²) in [4.78, 5) is 21.9. The Morgan fingerprint density at radius 3 is 2.41 bits per heavy atom. The molecule has 8 heteroatoms. The van der Waals surface area contributed by atoms with Crippen molar-refractivity contribution in [3.8, 4) is 0 Å². The minimum absolute atomic E-state index is 0.278. The largest absolute Gasteiger partial charge is 0.480 e. The van der Waals surface area contributed by atoms with Crippen molar-refractivity contribution < 1.29 is 32.6 Å². The van der Waals surface area contributed by atoms with E-state index in [1.54, 1.807) is 0 Å². The van der Waals surface area contributed by atoms with E-state index in [2.05, 4.69) is 10.1 Å². The van der Waals surface area contributed by atoms with Gasteiger partial charge in [-0.3, -0.25) is 14.9 Å². The number of carbonyl (C=O) groups excluding carboxylic acids is 1. The van der Waals surface area contributed by atoms with E-state index in [4.69, 9.17) is 5.11 Å². The molecule has 1 heterocycles. The van der Waals surface area contributed by atoms with Crippen LogP contribution in [0.1, 0.15) is 19.3 Å². The molecule has 2 unspecified atom stereocenters. The van der Waals surface area contributed by atoms with Gasteiger partial charge in [-0.25, -0.2) is 0 Å². The summed E-state index contributed by atoms with van der Waals surface area (Å²) in [6.45, 7) is -1.65. The lowest BCUT2D eigenvalue weighted by molar-refractivity contribution is -0.188. The Morgan fingerprint density at radius 2 is 1.88 bits per heavy atom. The van der Waals surface area contributed by atoms with Crippen LogP contribution >= 0.6 is 0 Å². The van der Waals surface area contributed by atoms with Crippen LogP contribution in [0, 0.1) is 0 Å². The lowest BCUT2D eigenvalue weighted by Gasteiger charge is -2.27. The van der Waals surface area contributed by atoms with E-state index in [9.17, 15) is 22.8 Å². The zero-order valence-corrected chi connectivity index (χ0v) is 8.79. The van der Waals surface area contributed by atoms with Gasteiger partial charge in [0.15, 0.2) is 6.61 Å². The summed E-state index contributed by atoms with van der Waals surface area (Å²) in [7, 11) is 0. The smallest absolute Gasteiger partial charge is 0.422 e. The molecule has 1 aliphatic heterocycles. The highest BCUT2D eigenvalue weighted by atomic mass is 19.4. The van der Waals surface area contributed by atoms with Crippen LogP contribution in [0.25, 0.3) is 0 Å². The summed E-state index contributed by atoms with van der Waals surface area (Å²) in [6, 6.07) is -1.89. The van der Waals surface area contributed by atoms with Crippen LogP contribution in [0.15, 0.2) is 0 Å². The first-order chi connectivity index (χ1) is 7.79. The van der Waals surface area contributed by atoms with Gasteiger partial charge in [-0.15, -0.1) is 0 Å². The molecule has 1 fully saturated rings. The molecule has 1 rings (SSSR count). The minimum atomic E-state index is -4.57. The van der Waals surface area contributed by atoms with Crippen LogP contribution < -0.4 is 5.32 Å². The summed E-state index contributed by atoms with van der Waals surface area (Å²) >= 11 is 0. The van der Waals surface area contributed by atoms with Gasteiger partial charge >= 0.3 is 18.1 Å². The second-order valence-electron chi connectivity index (χ2n) is 3.76. The first-order valence-corrected chi connectivity index (χ1v) is 5.02. The van der Waals surface area contributed by atoms with E-state index >= 15 is 0 Å². The van der Waals surface area contributed by atoms with Gasteiger partial charge in [0.1, 0.15) is 12.1 Å². The Morgan fingerprint density at radius 1 is 1.29 bits per heavy atom. The molecule has 2 N–H and O–H groups in total. The van der Waals surface area contributed by atoms with Crippen LogP contribution in [0.5, 0.6) is 0 Å². The minimum Gasteiger partial charge on any atom is -0.480 e. The second kappa shape index (κ2) is 5.35. The number of esters is 1. The maximum atomic E-state index is 11.8. The van der Waals surface area contributed by atoms with E-state index in [-0.39, 0.29) is 6.42 Å². The predicted octanol–water partition coefficient (Wildman–Crippen LogP) is 0.687. The van der Waals surface area contributed by atoms with Crippen LogP contribution in [-0.4, -0.2) is 41.9 Å². The maximum absolute atomic E-state index is 11.8. The quantitative estimate of drug-likeness (QED) is 0.725. The standard InChI is InChI=1S/C9H12F3NO4/c10-9(11,12)4-17-8(16)6-3-1-2-5(13-6)7(14)15/h5-6,13H,1-4H2,(H,14,15). The van der Waals surface area contributed by atoms with Gasteiger partial charge in [0.05, 0.1) is 0 Å². The lowest BCUT2D eigenvalue weighted by Crippen LogP contribution is -2.51. The molecule has 0 bridgehead atoms. The number of piperidine rings is 1. The van der Waals surface area contributed by atoms with Crippen molar-refractivity contribution in [1.29, 1.82) is 0 Å². The molecular weight excluding hydrogens is 243 g/mol. The number of ether oxygens (including phenoxy) is 1. The Bertz CT molecular complexity index is 305. The van der Waals surface area contributed by atoms with Gasteiger partial charge in [-0.1, -0.05) is 0 Å². The summed E-state index contributed by atoms with van der Waals surface area (Å²) < 4.78 is 39.4. The van der Waals surface area contributed by atoms with Crippen LogP contribution in [0.4, 0.5) is 13.2 Å². The van der Waals surface area contributed by atoms with Gasteiger partial charge < -0.3 is 9.84 Å². The van der Waals surface area contributed by atoms with Gasteiger partial charge in [0, 0.05) is 0 Å². The topological polar surface area (TPSA) is 75.6 Å². The molecule has 0 aromatic heterocycles. The van der Waals surface area contributed by atoms with E-state index in [1.807, 2.05) is 0 Å². The predicted molar refractivity (Wildman–Crippen MR) is 49.2 cm³/mol. The molecule has 0 spiro atoms. The molecule has 1 saturated heterocycles. The van der Waals surface area contributed by atoms with Gasteiger partial charge in [-0.05, 0) is 19.3 Å². The van der Waals surface area contributed by atoms with Gasteiger partial charge in [0.2, 0.25) is 0 Å². The third-order valence-electron chi connectivity index (χ3n) is 2.35. The normalized spacial score (nSPS) is 25.4. The number of alkyl halides is 3. The fraction of sp³-hybridized carbons (Fsp3) is 0.778. The Hall–Kier alpha value is -1.31. The molecule has 0 saturated carbocycles. The van der Waals surface area contributed by atoms with E-state index < -0.39 is 36.8 Å². The van der Waals surface area contributed by atoms with Crippen LogP contribution in [0.2, 0.25) is 0 Å². The monoisotopic (exact) mass is 255 g/mol. The highest BCUT2D eigenvalue weighted by Crippen LogP contribution is 2.17. The van der Waals surface area contributed by atoms with Crippen molar-refractivity contribution in [2.24, 2.45) is 0 Å². The average Bonchev–Trinajstić information content (AvgIpc) is 2.25. The summed E-state index contributed by atoms with van der Waals surface area (Å²) in [5.74, 6) is -2.19. The van der Waals surface area contributed by atoms with Crippen molar-refractivity contribution in [2.75, 3.05) is 6.61 Å². The number of rotatable bonds is 3. The third kappa shape index (κ3) is 4.59. The molecular formula is C9H12F3NO4. The highest BCUT2D eigenvalue weighted by molar-refractivity contribution is 5.79.